The van der Waals surface area contributed by atoms with E-state index in [-0.39, 0.29) is 30.2 Å². The number of carbonyl (C=O) groups excluding carboxylic acids is 1. The Morgan fingerprint density at radius 3 is 2.68 bits per heavy atom. The van der Waals surface area contributed by atoms with Gasteiger partial charge >= 0.3 is 0 Å². The molecule has 4 unspecified atom stereocenters. The van der Waals surface area contributed by atoms with Crippen molar-refractivity contribution in [2.75, 3.05) is 13.2 Å². The normalized spacial score (nSPS) is 26.7. The number of rotatable bonds is 7. The van der Waals surface area contributed by atoms with Crippen LogP contribution in [-0.2, 0) is 22.4 Å². The number of hydrogen-bond acceptors (Lipinski definition) is 6. The zero-order valence-corrected chi connectivity index (χ0v) is 21.1. The summed E-state index contributed by atoms with van der Waals surface area (Å²) in [6, 6.07) is 1.62. The highest BCUT2D eigenvalue weighted by Gasteiger charge is 2.49. The quantitative estimate of drug-likeness (QED) is 0.663. The Morgan fingerprint density at radius 1 is 1.15 bits per heavy atom. The van der Waals surface area contributed by atoms with E-state index in [1.54, 1.807) is 0 Å². The SMILES string of the molecule is CC.CCCn1nc(C(=O)NC2COC3C2OCC3n2cc(CC3CCCCC3)nn2)cc1C. The Kier molecular flexibility index (Phi) is 8.37. The van der Waals surface area contributed by atoms with Gasteiger partial charge in [0.25, 0.3) is 5.91 Å². The van der Waals surface area contributed by atoms with Gasteiger partial charge in [0, 0.05) is 18.4 Å². The molecule has 0 radical (unpaired) electrons. The molecule has 0 aromatic carbocycles. The molecule has 9 heteroatoms. The summed E-state index contributed by atoms with van der Waals surface area (Å²) >= 11 is 0. The summed E-state index contributed by atoms with van der Waals surface area (Å²) in [7, 11) is 0. The minimum atomic E-state index is -0.195. The van der Waals surface area contributed by atoms with Gasteiger partial charge in [-0.1, -0.05) is 58.1 Å². The molecule has 2 aromatic heterocycles. The van der Waals surface area contributed by atoms with Gasteiger partial charge < -0.3 is 14.8 Å². The summed E-state index contributed by atoms with van der Waals surface area (Å²) < 4.78 is 15.9. The maximum Gasteiger partial charge on any atom is 0.272 e. The van der Waals surface area contributed by atoms with Gasteiger partial charge in [0.05, 0.1) is 24.9 Å². The largest absolute Gasteiger partial charge is 0.371 e. The molecule has 34 heavy (non-hydrogen) atoms. The molecule has 2 aliphatic heterocycles. The number of carbonyl (C=O) groups is 1. The van der Waals surface area contributed by atoms with Gasteiger partial charge in [-0.2, -0.15) is 5.10 Å². The Balaban J connectivity index is 0.00000133. The van der Waals surface area contributed by atoms with E-state index in [1.807, 2.05) is 36.2 Å². The molecule has 2 saturated heterocycles. The standard InChI is InChI=1S/C23H34N6O3.C2H6/c1-3-9-28-15(2)10-18(26-28)23(30)24-19-13-31-22-20(14-32-21(19)22)29-12-17(25-27-29)11-16-7-5-4-6-8-16;1-2/h10,12,16,19-22H,3-9,11,13-14H2,1-2H3,(H,24,30);1-2H3. The maximum absolute atomic E-state index is 12.8. The average molecular weight is 473 g/mol. The van der Waals surface area contributed by atoms with E-state index in [0.29, 0.717) is 18.9 Å². The molecule has 1 saturated carbocycles. The van der Waals surface area contributed by atoms with E-state index >= 15 is 0 Å². The lowest BCUT2D eigenvalue weighted by molar-refractivity contribution is 0.0613. The van der Waals surface area contributed by atoms with E-state index in [9.17, 15) is 4.79 Å². The number of amides is 1. The predicted molar refractivity (Wildman–Crippen MR) is 129 cm³/mol. The molecule has 2 aromatic rings. The lowest BCUT2D eigenvalue weighted by atomic mass is 9.86. The van der Waals surface area contributed by atoms with Crippen molar-refractivity contribution < 1.29 is 14.3 Å². The zero-order valence-electron chi connectivity index (χ0n) is 21.1. The highest BCUT2D eigenvalue weighted by molar-refractivity contribution is 5.92. The van der Waals surface area contributed by atoms with Crippen molar-refractivity contribution in [2.24, 2.45) is 5.92 Å². The van der Waals surface area contributed by atoms with Gasteiger partial charge in [0.2, 0.25) is 0 Å². The van der Waals surface area contributed by atoms with Gasteiger partial charge in [-0.05, 0) is 31.7 Å². The monoisotopic (exact) mass is 472 g/mol. The van der Waals surface area contributed by atoms with Crippen molar-refractivity contribution in [3.05, 3.63) is 29.3 Å². The number of aryl methyl sites for hydroxylation is 2. The van der Waals surface area contributed by atoms with Crippen molar-refractivity contribution in [1.82, 2.24) is 30.1 Å². The third-order valence-electron chi connectivity index (χ3n) is 7.11. The highest BCUT2D eigenvalue weighted by Crippen LogP contribution is 2.34. The van der Waals surface area contributed by atoms with Crippen LogP contribution >= 0.6 is 0 Å². The van der Waals surface area contributed by atoms with E-state index < -0.39 is 0 Å². The van der Waals surface area contributed by atoms with Gasteiger partial charge in [-0.25, -0.2) is 4.68 Å². The smallest absolute Gasteiger partial charge is 0.272 e. The molecule has 3 fully saturated rings. The molecule has 1 N–H and O–H groups in total. The van der Waals surface area contributed by atoms with Gasteiger partial charge in [0.1, 0.15) is 23.9 Å². The third-order valence-corrected chi connectivity index (χ3v) is 7.11. The van der Waals surface area contributed by atoms with Crippen molar-refractivity contribution in [3.63, 3.8) is 0 Å². The number of ether oxygens (including phenoxy) is 2. The predicted octanol–water partition coefficient (Wildman–Crippen LogP) is 3.48. The first-order chi connectivity index (χ1) is 16.6. The Labute approximate surface area is 202 Å². The van der Waals surface area contributed by atoms with E-state index in [0.717, 1.165) is 36.7 Å². The zero-order chi connectivity index (χ0) is 24.1. The number of nitrogens with one attached hydrogen (secondary N) is 1. The Morgan fingerprint density at radius 2 is 1.91 bits per heavy atom. The molecule has 4 atom stereocenters. The average Bonchev–Trinajstić information content (AvgIpc) is 3.63. The number of fused-ring (bicyclic) bond motifs is 1. The van der Waals surface area contributed by atoms with Crippen LogP contribution in [0.25, 0.3) is 0 Å². The molecular formula is C25H40N6O3. The van der Waals surface area contributed by atoms with Gasteiger partial charge in [0.15, 0.2) is 0 Å². The van der Waals surface area contributed by atoms with Crippen LogP contribution in [0.4, 0.5) is 0 Å². The topological polar surface area (TPSA) is 96.1 Å². The first kappa shape index (κ1) is 24.9. The molecular weight excluding hydrogens is 432 g/mol. The van der Waals surface area contributed by atoms with Crippen LogP contribution in [0.3, 0.4) is 0 Å². The number of nitrogens with zero attached hydrogens (tertiary/aromatic N) is 5. The fourth-order valence-corrected chi connectivity index (χ4v) is 5.39. The van der Waals surface area contributed by atoms with Crippen LogP contribution in [0.5, 0.6) is 0 Å². The van der Waals surface area contributed by atoms with Crippen LogP contribution < -0.4 is 5.32 Å². The summed E-state index contributed by atoms with van der Waals surface area (Å²) in [5.74, 6) is 0.549. The van der Waals surface area contributed by atoms with Gasteiger partial charge in [-0.15, -0.1) is 5.10 Å². The van der Waals surface area contributed by atoms with Crippen LogP contribution in [0.1, 0.15) is 87.2 Å². The molecule has 188 valence electrons. The van der Waals surface area contributed by atoms with Crippen molar-refractivity contribution >= 4 is 5.91 Å². The molecule has 0 spiro atoms. The lowest BCUT2D eigenvalue weighted by Crippen LogP contribution is -2.44. The van der Waals surface area contributed by atoms with E-state index in [2.05, 4.69) is 33.8 Å². The summed E-state index contributed by atoms with van der Waals surface area (Å²) in [5, 5.41) is 16.3. The Bertz CT molecular complexity index is 935. The lowest BCUT2D eigenvalue weighted by Gasteiger charge is -2.20. The molecule has 4 heterocycles. The first-order valence-electron chi connectivity index (χ1n) is 13.1. The minimum absolute atomic E-state index is 0.0134. The maximum atomic E-state index is 12.8. The summed E-state index contributed by atoms with van der Waals surface area (Å²) in [6.07, 6.45) is 10.3. The summed E-state index contributed by atoms with van der Waals surface area (Å²) in [4.78, 5) is 12.8. The van der Waals surface area contributed by atoms with Crippen LogP contribution in [0.15, 0.2) is 12.3 Å². The second kappa shape index (κ2) is 11.4. The van der Waals surface area contributed by atoms with Crippen molar-refractivity contribution in [3.8, 4) is 0 Å². The molecule has 1 amide bonds. The molecule has 5 rings (SSSR count). The third kappa shape index (κ3) is 5.35. The Hall–Kier alpha value is -2.26. The number of hydrogen-bond donors (Lipinski definition) is 1. The summed E-state index contributed by atoms with van der Waals surface area (Å²) in [6.45, 7) is 9.81. The molecule has 0 bridgehead atoms. The van der Waals surface area contributed by atoms with E-state index in [1.165, 1.54) is 32.1 Å². The fourth-order valence-electron chi connectivity index (χ4n) is 5.39. The minimum Gasteiger partial charge on any atom is -0.371 e. The van der Waals surface area contributed by atoms with Crippen LogP contribution in [-0.4, -0.2) is 62.1 Å². The van der Waals surface area contributed by atoms with Crippen LogP contribution in [0.2, 0.25) is 0 Å². The van der Waals surface area contributed by atoms with Crippen LogP contribution in [0, 0.1) is 12.8 Å². The van der Waals surface area contributed by atoms with Crippen molar-refractivity contribution in [2.45, 2.75) is 103 Å². The first-order valence-corrected chi connectivity index (χ1v) is 13.1. The fraction of sp³-hybridized carbons (Fsp3) is 0.760. The van der Waals surface area contributed by atoms with Crippen molar-refractivity contribution in [1.29, 1.82) is 0 Å². The molecule has 9 nitrogen and oxygen atoms in total. The van der Waals surface area contributed by atoms with Gasteiger partial charge in [-0.3, -0.25) is 9.48 Å². The second-order valence-corrected chi connectivity index (χ2v) is 9.54. The summed E-state index contributed by atoms with van der Waals surface area (Å²) in [5.41, 5.74) is 2.49. The second-order valence-electron chi connectivity index (χ2n) is 9.54. The number of aromatic nitrogens is 5. The molecule has 1 aliphatic carbocycles. The highest BCUT2D eigenvalue weighted by atomic mass is 16.6. The molecule has 3 aliphatic rings. The van der Waals surface area contributed by atoms with E-state index in [4.69, 9.17) is 9.47 Å².